The van der Waals surface area contributed by atoms with Gasteiger partial charge in [0.15, 0.2) is 9.84 Å². The summed E-state index contributed by atoms with van der Waals surface area (Å²) < 4.78 is 26.2. The van der Waals surface area contributed by atoms with Crippen LogP contribution in [0, 0.1) is 13.8 Å². The third-order valence-corrected chi connectivity index (χ3v) is 6.70. The van der Waals surface area contributed by atoms with Gasteiger partial charge in [0.25, 0.3) is 0 Å². The standard InChI is InChI=1S/C22H19ClN2O4S/c1-12-8-16-18(10-19(12)30(3,28)29)25(11-21(26)27)13(2)22(16)15-9-20(23)24-17-7-5-4-6-14(15)17/h4-10H,11H2,1-3H3,(H,26,27). The van der Waals surface area contributed by atoms with Crippen molar-refractivity contribution in [2.45, 2.75) is 25.3 Å². The van der Waals surface area contributed by atoms with Crippen molar-refractivity contribution in [3.05, 3.63) is 58.9 Å². The van der Waals surface area contributed by atoms with Gasteiger partial charge in [-0.05, 0) is 49.2 Å². The summed E-state index contributed by atoms with van der Waals surface area (Å²) in [6, 6.07) is 12.7. The van der Waals surface area contributed by atoms with Gasteiger partial charge in [0.2, 0.25) is 0 Å². The van der Waals surface area contributed by atoms with Crippen molar-refractivity contribution in [3.8, 4) is 11.1 Å². The molecule has 4 rings (SSSR count). The summed E-state index contributed by atoms with van der Waals surface area (Å²) in [5.41, 5.74) is 4.22. The number of benzene rings is 2. The number of pyridine rings is 1. The summed E-state index contributed by atoms with van der Waals surface area (Å²) in [7, 11) is -3.47. The van der Waals surface area contributed by atoms with Crippen LogP contribution in [-0.2, 0) is 21.2 Å². The third-order valence-electron chi connectivity index (χ3n) is 5.27. The summed E-state index contributed by atoms with van der Waals surface area (Å²) in [4.78, 5) is 16.1. The average Bonchev–Trinajstić information content (AvgIpc) is 2.90. The highest BCUT2D eigenvalue weighted by Crippen LogP contribution is 2.40. The SMILES string of the molecule is Cc1cc2c(-c3cc(Cl)nc4ccccc34)c(C)n(CC(=O)O)c2cc1S(C)(=O)=O. The molecule has 6 nitrogen and oxygen atoms in total. The van der Waals surface area contributed by atoms with E-state index in [9.17, 15) is 18.3 Å². The van der Waals surface area contributed by atoms with Crippen molar-refractivity contribution in [1.82, 2.24) is 9.55 Å². The van der Waals surface area contributed by atoms with Crippen molar-refractivity contribution < 1.29 is 18.3 Å². The van der Waals surface area contributed by atoms with Crippen LogP contribution in [0.15, 0.2) is 47.4 Å². The summed E-state index contributed by atoms with van der Waals surface area (Å²) >= 11 is 6.29. The lowest BCUT2D eigenvalue weighted by molar-refractivity contribution is -0.137. The van der Waals surface area contributed by atoms with Crippen LogP contribution < -0.4 is 0 Å². The Hall–Kier alpha value is -2.90. The molecule has 2 aromatic heterocycles. The normalized spacial score (nSPS) is 12.0. The lowest BCUT2D eigenvalue weighted by Gasteiger charge is -2.09. The van der Waals surface area contributed by atoms with Gasteiger partial charge in [0, 0.05) is 28.3 Å². The van der Waals surface area contributed by atoms with Gasteiger partial charge < -0.3 is 9.67 Å². The molecule has 1 N–H and O–H groups in total. The van der Waals surface area contributed by atoms with E-state index < -0.39 is 15.8 Å². The number of hydrogen-bond acceptors (Lipinski definition) is 4. The molecule has 0 saturated heterocycles. The fourth-order valence-corrected chi connectivity index (χ4v) is 5.21. The van der Waals surface area contributed by atoms with Gasteiger partial charge in [-0.15, -0.1) is 0 Å². The Labute approximate surface area is 178 Å². The van der Waals surface area contributed by atoms with Gasteiger partial charge in [-0.3, -0.25) is 4.79 Å². The zero-order chi connectivity index (χ0) is 21.8. The largest absolute Gasteiger partial charge is 0.480 e. The number of nitrogens with zero attached hydrogens (tertiary/aromatic N) is 2. The molecule has 0 bridgehead atoms. The highest BCUT2D eigenvalue weighted by Gasteiger charge is 2.22. The number of aryl methyl sites for hydroxylation is 1. The van der Waals surface area contributed by atoms with Gasteiger partial charge >= 0.3 is 5.97 Å². The molecule has 0 atom stereocenters. The minimum absolute atomic E-state index is 0.184. The minimum atomic E-state index is -3.47. The first-order chi connectivity index (χ1) is 14.1. The van der Waals surface area contributed by atoms with Crippen LogP contribution in [0.25, 0.3) is 32.9 Å². The Morgan fingerprint density at radius 3 is 2.50 bits per heavy atom. The van der Waals surface area contributed by atoms with Crippen LogP contribution in [0.1, 0.15) is 11.3 Å². The van der Waals surface area contributed by atoms with E-state index in [1.807, 2.05) is 31.2 Å². The van der Waals surface area contributed by atoms with Gasteiger partial charge in [-0.1, -0.05) is 29.8 Å². The lowest BCUT2D eigenvalue weighted by atomic mass is 9.98. The van der Waals surface area contributed by atoms with E-state index in [2.05, 4.69) is 4.98 Å². The van der Waals surface area contributed by atoms with E-state index in [1.54, 1.807) is 29.7 Å². The molecule has 0 saturated carbocycles. The second-order valence-corrected chi connectivity index (χ2v) is 9.73. The molecule has 4 aromatic rings. The Balaban J connectivity index is 2.18. The summed E-state index contributed by atoms with van der Waals surface area (Å²) in [6.07, 6.45) is 1.15. The first-order valence-corrected chi connectivity index (χ1v) is 11.5. The van der Waals surface area contributed by atoms with E-state index in [-0.39, 0.29) is 11.4 Å². The lowest BCUT2D eigenvalue weighted by Crippen LogP contribution is -2.10. The van der Waals surface area contributed by atoms with Crippen molar-refractivity contribution in [1.29, 1.82) is 0 Å². The van der Waals surface area contributed by atoms with Crippen LogP contribution in [0.5, 0.6) is 0 Å². The van der Waals surface area contributed by atoms with Crippen molar-refractivity contribution in [3.63, 3.8) is 0 Å². The molecule has 8 heteroatoms. The Kier molecular flexibility index (Phi) is 4.83. The van der Waals surface area contributed by atoms with E-state index >= 15 is 0 Å². The number of aliphatic carboxylic acids is 1. The number of halogens is 1. The number of carboxylic acids is 1. The molecular formula is C22H19ClN2O4S. The zero-order valence-corrected chi connectivity index (χ0v) is 18.2. The number of carbonyl (C=O) groups is 1. The van der Waals surface area contributed by atoms with Crippen molar-refractivity contribution >= 4 is 49.2 Å². The first kappa shape index (κ1) is 20.4. The van der Waals surface area contributed by atoms with E-state index in [0.717, 1.165) is 33.7 Å². The number of aromatic nitrogens is 2. The predicted octanol–water partition coefficient (Wildman–Crippen LogP) is 4.61. The highest BCUT2D eigenvalue weighted by atomic mass is 35.5. The molecular weight excluding hydrogens is 424 g/mol. The quantitative estimate of drug-likeness (QED) is 0.466. The molecule has 0 aliphatic heterocycles. The van der Waals surface area contributed by atoms with Gasteiger partial charge in [-0.25, -0.2) is 13.4 Å². The number of para-hydroxylation sites is 1. The van der Waals surface area contributed by atoms with Crippen molar-refractivity contribution in [2.24, 2.45) is 0 Å². The van der Waals surface area contributed by atoms with E-state index in [4.69, 9.17) is 11.6 Å². The fourth-order valence-electron chi connectivity index (χ4n) is 4.04. The van der Waals surface area contributed by atoms with Crippen LogP contribution in [-0.4, -0.2) is 35.3 Å². The molecule has 0 aliphatic carbocycles. The molecule has 0 unspecified atom stereocenters. The minimum Gasteiger partial charge on any atom is -0.480 e. The summed E-state index contributed by atoms with van der Waals surface area (Å²) in [6.45, 7) is 3.28. The van der Waals surface area contributed by atoms with Gasteiger partial charge in [-0.2, -0.15) is 0 Å². The fraction of sp³-hybridized carbons (Fsp3) is 0.182. The smallest absolute Gasteiger partial charge is 0.323 e. The number of sulfone groups is 1. The molecule has 0 spiro atoms. The number of carboxylic acid groups (broad SMARTS) is 1. The molecule has 0 aliphatic rings. The molecule has 2 heterocycles. The van der Waals surface area contributed by atoms with Crippen LogP contribution in [0.2, 0.25) is 5.15 Å². The van der Waals surface area contributed by atoms with Crippen LogP contribution in [0.3, 0.4) is 0 Å². The Morgan fingerprint density at radius 1 is 1.13 bits per heavy atom. The molecule has 0 amide bonds. The topological polar surface area (TPSA) is 89.3 Å². The second-order valence-electron chi connectivity index (χ2n) is 7.36. The third kappa shape index (κ3) is 3.34. The van der Waals surface area contributed by atoms with E-state index in [0.29, 0.717) is 21.9 Å². The maximum Gasteiger partial charge on any atom is 0.323 e. The maximum absolute atomic E-state index is 12.3. The molecule has 154 valence electrons. The maximum atomic E-state index is 12.3. The highest BCUT2D eigenvalue weighted by molar-refractivity contribution is 7.90. The van der Waals surface area contributed by atoms with Crippen molar-refractivity contribution in [2.75, 3.05) is 6.26 Å². The monoisotopic (exact) mass is 442 g/mol. The van der Waals surface area contributed by atoms with Gasteiger partial charge in [0.1, 0.15) is 11.7 Å². The molecule has 30 heavy (non-hydrogen) atoms. The van der Waals surface area contributed by atoms with Gasteiger partial charge in [0.05, 0.1) is 15.9 Å². The van der Waals surface area contributed by atoms with Crippen LogP contribution in [0.4, 0.5) is 0 Å². The second kappa shape index (κ2) is 7.11. The molecule has 2 aromatic carbocycles. The number of rotatable bonds is 4. The zero-order valence-electron chi connectivity index (χ0n) is 16.6. The van der Waals surface area contributed by atoms with E-state index in [1.165, 1.54) is 0 Å². The van der Waals surface area contributed by atoms with Crippen LogP contribution >= 0.6 is 11.6 Å². The first-order valence-electron chi connectivity index (χ1n) is 9.19. The Morgan fingerprint density at radius 2 is 1.83 bits per heavy atom. The average molecular weight is 443 g/mol. The predicted molar refractivity (Wildman–Crippen MR) is 118 cm³/mol. The summed E-state index contributed by atoms with van der Waals surface area (Å²) in [5.74, 6) is -1.01. The summed E-state index contributed by atoms with van der Waals surface area (Å²) in [5, 5.41) is 11.4. The number of fused-ring (bicyclic) bond motifs is 2. The molecule has 0 radical (unpaired) electrons. The number of hydrogen-bond donors (Lipinski definition) is 1. The Bertz CT molecular complexity index is 1460. The molecule has 0 fully saturated rings.